The van der Waals surface area contributed by atoms with Crippen LogP contribution >= 0.6 is 0 Å². The van der Waals surface area contributed by atoms with Gasteiger partial charge in [-0.05, 0) is 48.9 Å². The number of carboxylic acid groups (broad SMARTS) is 1. The molecule has 1 unspecified atom stereocenters. The van der Waals surface area contributed by atoms with Gasteiger partial charge in [-0.25, -0.2) is 0 Å². The number of hydrogen-bond donors (Lipinski definition) is 2. The van der Waals surface area contributed by atoms with E-state index < -0.39 is 12.0 Å². The Morgan fingerprint density at radius 3 is 2.89 bits per heavy atom. The van der Waals surface area contributed by atoms with Gasteiger partial charge in [0.05, 0.1) is 0 Å². The molecule has 1 aromatic rings. The molecule has 1 aromatic carbocycles. The van der Waals surface area contributed by atoms with Crippen LogP contribution in [-0.2, 0) is 17.6 Å². The molecule has 1 aliphatic rings. The number of rotatable bonds is 5. The van der Waals surface area contributed by atoms with Gasteiger partial charge in [-0.3, -0.25) is 4.79 Å². The summed E-state index contributed by atoms with van der Waals surface area (Å²) in [6, 6.07) is 5.73. The average Bonchev–Trinajstić information content (AvgIpc) is 2.82. The van der Waals surface area contributed by atoms with Gasteiger partial charge in [-0.1, -0.05) is 6.07 Å². The Kier molecular flexibility index (Phi) is 3.87. The summed E-state index contributed by atoms with van der Waals surface area (Å²) in [5.74, 6) is -0.933. The number of nitrogens with two attached hydrogens (primary N) is 1. The number of benzene rings is 1. The number of anilines is 1. The Morgan fingerprint density at radius 1 is 1.44 bits per heavy atom. The van der Waals surface area contributed by atoms with E-state index in [0.29, 0.717) is 13.0 Å². The summed E-state index contributed by atoms with van der Waals surface area (Å²) in [6.07, 6.45) is 4.05. The summed E-state index contributed by atoms with van der Waals surface area (Å²) in [5, 5.41) is 8.75. The van der Waals surface area contributed by atoms with Gasteiger partial charge < -0.3 is 15.7 Å². The molecular weight excluding hydrogens is 228 g/mol. The van der Waals surface area contributed by atoms with Crippen LogP contribution in [0.25, 0.3) is 0 Å². The first-order chi connectivity index (χ1) is 8.58. The van der Waals surface area contributed by atoms with Crippen LogP contribution in [-0.4, -0.2) is 30.7 Å². The van der Waals surface area contributed by atoms with Crippen LogP contribution in [0.1, 0.15) is 24.0 Å². The van der Waals surface area contributed by atoms with Crippen LogP contribution in [0.2, 0.25) is 0 Å². The molecule has 3 N–H and O–H groups in total. The highest BCUT2D eigenvalue weighted by Gasteiger charge is 2.14. The van der Waals surface area contributed by atoms with E-state index in [9.17, 15) is 4.79 Å². The maximum absolute atomic E-state index is 10.7. The van der Waals surface area contributed by atoms with E-state index in [1.807, 2.05) is 7.05 Å². The molecule has 0 heterocycles. The first-order valence-corrected chi connectivity index (χ1v) is 6.39. The molecule has 98 valence electrons. The summed E-state index contributed by atoms with van der Waals surface area (Å²) in [5.41, 5.74) is 9.54. The average molecular weight is 248 g/mol. The van der Waals surface area contributed by atoms with E-state index in [1.54, 1.807) is 0 Å². The van der Waals surface area contributed by atoms with E-state index in [-0.39, 0.29) is 0 Å². The molecule has 0 fully saturated rings. The third-order valence-corrected chi connectivity index (χ3v) is 3.62. The van der Waals surface area contributed by atoms with Crippen molar-refractivity contribution in [1.82, 2.24) is 0 Å². The number of fused-ring (bicyclic) bond motifs is 1. The molecule has 0 amide bonds. The molecule has 1 atom stereocenters. The standard InChI is InChI=1S/C14H20N2O2/c1-16(8-7-13(15)14(17)18)12-6-5-10-3-2-4-11(10)9-12/h5-6,9,13H,2-4,7-8,15H2,1H3,(H,17,18). The predicted octanol–water partition coefficient (Wildman–Crippen LogP) is 1.41. The monoisotopic (exact) mass is 248 g/mol. The Bertz CT molecular complexity index is 445. The van der Waals surface area contributed by atoms with E-state index >= 15 is 0 Å². The quantitative estimate of drug-likeness (QED) is 0.827. The van der Waals surface area contributed by atoms with Crippen molar-refractivity contribution in [1.29, 1.82) is 0 Å². The Hall–Kier alpha value is -1.55. The fourth-order valence-electron chi connectivity index (χ4n) is 2.38. The van der Waals surface area contributed by atoms with E-state index in [2.05, 4.69) is 23.1 Å². The summed E-state index contributed by atoms with van der Waals surface area (Å²) < 4.78 is 0. The van der Waals surface area contributed by atoms with Crippen LogP contribution in [0.4, 0.5) is 5.69 Å². The highest BCUT2D eigenvalue weighted by Crippen LogP contribution is 2.26. The topological polar surface area (TPSA) is 66.6 Å². The Balaban J connectivity index is 1.97. The number of nitrogens with zero attached hydrogens (tertiary/aromatic N) is 1. The van der Waals surface area contributed by atoms with Crippen LogP contribution < -0.4 is 10.6 Å². The minimum Gasteiger partial charge on any atom is -0.480 e. The summed E-state index contributed by atoms with van der Waals surface area (Å²) in [6.45, 7) is 0.659. The molecule has 0 aliphatic heterocycles. The first kappa shape index (κ1) is 12.9. The maximum atomic E-state index is 10.7. The number of aliphatic carboxylic acids is 1. The molecule has 0 aromatic heterocycles. The van der Waals surface area contributed by atoms with Crippen LogP contribution in [0.5, 0.6) is 0 Å². The van der Waals surface area contributed by atoms with Gasteiger partial charge in [0.1, 0.15) is 6.04 Å². The van der Waals surface area contributed by atoms with Gasteiger partial charge in [0.15, 0.2) is 0 Å². The van der Waals surface area contributed by atoms with Gasteiger partial charge in [0.25, 0.3) is 0 Å². The fraction of sp³-hybridized carbons (Fsp3) is 0.500. The van der Waals surface area contributed by atoms with Gasteiger partial charge >= 0.3 is 5.97 Å². The van der Waals surface area contributed by atoms with Crippen LogP contribution in [0, 0.1) is 0 Å². The van der Waals surface area contributed by atoms with Crippen molar-refractivity contribution in [3.8, 4) is 0 Å². The SMILES string of the molecule is CN(CCC(N)C(=O)O)c1ccc2c(c1)CCC2. The smallest absolute Gasteiger partial charge is 0.320 e. The molecule has 0 saturated heterocycles. The summed E-state index contributed by atoms with van der Waals surface area (Å²) >= 11 is 0. The molecule has 0 saturated carbocycles. The lowest BCUT2D eigenvalue weighted by Gasteiger charge is -2.21. The molecule has 1 aliphatic carbocycles. The number of aryl methyl sites for hydroxylation is 2. The molecular formula is C14H20N2O2. The minimum atomic E-state index is -0.933. The van der Waals surface area contributed by atoms with E-state index in [0.717, 1.165) is 12.1 Å². The fourth-order valence-corrected chi connectivity index (χ4v) is 2.38. The number of carboxylic acids is 1. The molecule has 0 bridgehead atoms. The maximum Gasteiger partial charge on any atom is 0.320 e. The lowest BCUT2D eigenvalue weighted by molar-refractivity contribution is -0.138. The zero-order chi connectivity index (χ0) is 13.1. The molecule has 18 heavy (non-hydrogen) atoms. The van der Waals surface area contributed by atoms with Crippen molar-refractivity contribution < 1.29 is 9.90 Å². The van der Waals surface area contributed by atoms with Crippen molar-refractivity contribution in [2.24, 2.45) is 5.73 Å². The first-order valence-electron chi connectivity index (χ1n) is 6.39. The third kappa shape index (κ3) is 2.82. The zero-order valence-corrected chi connectivity index (χ0v) is 10.7. The molecule has 4 nitrogen and oxygen atoms in total. The van der Waals surface area contributed by atoms with Gasteiger partial charge in [-0.2, -0.15) is 0 Å². The van der Waals surface area contributed by atoms with E-state index in [1.165, 1.54) is 24.0 Å². The normalized spacial score (nSPS) is 15.2. The predicted molar refractivity (Wildman–Crippen MR) is 72.0 cm³/mol. The zero-order valence-electron chi connectivity index (χ0n) is 10.7. The largest absolute Gasteiger partial charge is 0.480 e. The van der Waals surface area contributed by atoms with Gasteiger partial charge in [0.2, 0.25) is 0 Å². The molecule has 0 radical (unpaired) electrons. The Labute approximate surface area is 107 Å². The second kappa shape index (κ2) is 5.40. The second-order valence-corrected chi connectivity index (χ2v) is 4.96. The lowest BCUT2D eigenvalue weighted by Crippen LogP contribution is -2.34. The van der Waals surface area contributed by atoms with Crippen LogP contribution in [0.3, 0.4) is 0 Å². The minimum absolute atomic E-state index is 0.461. The highest BCUT2D eigenvalue weighted by molar-refractivity contribution is 5.73. The second-order valence-electron chi connectivity index (χ2n) is 4.96. The number of hydrogen-bond acceptors (Lipinski definition) is 3. The molecule has 4 heteroatoms. The molecule has 0 spiro atoms. The van der Waals surface area contributed by atoms with Crippen LogP contribution in [0.15, 0.2) is 18.2 Å². The van der Waals surface area contributed by atoms with Gasteiger partial charge in [-0.15, -0.1) is 0 Å². The van der Waals surface area contributed by atoms with Crippen molar-refractivity contribution >= 4 is 11.7 Å². The third-order valence-electron chi connectivity index (χ3n) is 3.62. The highest BCUT2D eigenvalue weighted by atomic mass is 16.4. The van der Waals surface area contributed by atoms with Crippen molar-refractivity contribution in [2.75, 3.05) is 18.5 Å². The van der Waals surface area contributed by atoms with Crippen molar-refractivity contribution in [2.45, 2.75) is 31.7 Å². The molecule has 2 rings (SSSR count). The summed E-state index contributed by atoms with van der Waals surface area (Å²) in [7, 11) is 1.98. The van der Waals surface area contributed by atoms with Crippen molar-refractivity contribution in [3.05, 3.63) is 29.3 Å². The lowest BCUT2D eigenvalue weighted by atomic mass is 10.1. The van der Waals surface area contributed by atoms with E-state index in [4.69, 9.17) is 10.8 Å². The van der Waals surface area contributed by atoms with Crippen molar-refractivity contribution in [3.63, 3.8) is 0 Å². The van der Waals surface area contributed by atoms with Gasteiger partial charge in [0, 0.05) is 19.3 Å². The number of carbonyl (C=O) groups is 1. The summed E-state index contributed by atoms with van der Waals surface area (Å²) in [4.78, 5) is 12.7. The Morgan fingerprint density at radius 2 is 2.17 bits per heavy atom.